The van der Waals surface area contributed by atoms with Gasteiger partial charge in [0.05, 0.1) is 18.9 Å². The fraction of sp³-hybridized carbons (Fsp3) is 0.0769. The van der Waals surface area contributed by atoms with Crippen molar-refractivity contribution in [1.82, 2.24) is 4.98 Å². The lowest BCUT2D eigenvalue weighted by molar-refractivity contribution is 0.112. The van der Waals surface area contributed by atoms with Crippen molar-refractivity contribution in [2.45, 2.75) is 0 Å². The van der Waals surface area contributed by atoms with E-state index in [0.717, 1.165) is 0 Å². The third-order valence-electron chi connectivity index (χ3n) is 2.42. The lowest BCUT2D eigenvalue weighted by atomic mass is 10.0. The van der Waals surface area contributed by atoms with Gasteiger partial charge in [0.2, 0.25) is 0 Å². The molecule has 0 fully saturated rings. The number of pyridine rings is 1. The van der Waals surface area contributed by atoms with Crippen LogP contribution in [0, 0.1) is 5.82 Å². The predicted octanol–water partition coefficient (Wildman–Crippen LogP) is 2.71. The minimum atomic E-state index is -0.359. The molecule has 2 rings (SSSR count). The first-order chi connectivity index (χ1) is 8.26. The number of ether oxygens (including phenoxy) is 1. The van der Waals surface area contributed by atoms with Crippen LogP contribution >= 0.6 is 0 Å². The number of aromatic nitrogens is 1. The molecule has 0 bridgehead atoms. The number of hydrogen-bond donors (Lipinski definition) is 0. The quantitative estimate of drug-likeness (QED) is 0.762. The van der Waals surface area contributed by atoms with Gasteiger partial charge in [-0.2, -0.15) is 0 Å². The average molecular weight is 231 g/mol. The Balaban J connectivity index is 2.63. The van der Waals surface area contributed by atoms with E-state index in [1.807, 2.05) is 0 Å². The first kappa shape index (κ1) is 11.3. The van der Waals surface area contributed by atoms with Crippen molar-refractivity contribution in [3.8, 4) is 16.9 Å². The fourth-order valence-corrected chi connectivity index (χ4v) is 1.62. The lowest BCUT2D eigenvalue weighted by Gasteiger charge is -2.08. The molecule has 0 aliphatic heterocycles. The molecule has 1 aromatic carbocycles. The fourth-order valence-electron chi connectivity index (χ4n) is 1.62. The summed E-state index contributed by atoms with van der Waals surface area (Å²) in [4.78, 5) is 15.0. The van der Waals surface area contributed by atoms with E-state index in [9.17, 15) is 9.18 Å². The van der Waals surface area contributed by atoms with Crippen LogP contribution in [0.3, 0.4) is 0 Å². The highest BCUT2D eigenvalue weighted by atomic mass is 19.1. The van der Waals surface area contributed by atoms with Gasteiger partial charge in [0, 0.05) is 11.8 Å². The van der Waals surface area contributed by atoms with Crippen LogP contribution in [0.15, 0.2) is 36.7 Å². The molecule has 0 N–H and O–H groups in total. The Morgan fingerprint density at radius 2 is 2.18 bits per heavy atom. The number of benzene rings is 1. The number of nitrogens with zero attached hydrogens (tertiary/aromatic N) is 1. The normalized spacial score (nSPS) is 10.0. The molecule has 0 saturated carbocycles. The zero-order chi connectivity index (χ0) is 12.3. The molecule has 0 unspecified atom stereocenters. The van der Waals surface area contributed by atoms with Gasteiger partial charge in [0.15, 0.2) is 6.29 Å². The van der Waals surface area contributed by atoms with Crippen LogP contribution in [-0.4, -0.2) is 18.4 Å². The van der Waals surface area contributed by atoms with E-state index in [1.165, 1.54) is 31.6 Å². The molecule has 0 radical (unpaired) electrons. The summed E-state index contributed by atoms with van der Waals surface area (Å²) in [5.41, 5.74) is 1.52. The standard InChI is InChI=1S/C13H10FNO2/c1-17-13-7-15-6-11(12(13)8-16)9-3-2-4-10(14)5-9/h2-8H,1H3. The van der Waals surface area contributed by atoms with E-state index in [4.69, 9.17) is 4.74 Å². The highest BCUT2D eigenvalue weighted by Crippen LogP contribution is 2.28. The van der Waals surface area contributed by atoms with E-state index in [1.54, 1.807) is 12.1 Å². The third-order valence-corrected chi connectivity index (χ3v) is 2.42. The molecule has 1 aromatic heterocycles. The molecule has 2 aromatic rings. The van der Waals surface area contributed by atoms with Crippen LogP contribution in [0.25, 0.3) is 11.1 Å². The number of carbonyl (C=O) groups excluding carboxylic acids is 1. The third kappa shape index (κ3) is 2.15. The smallest absolute Gasteiger partial charge is 0.154 e. The summed E-state index contributed by atoms with van der Waals surface area (Å²) in [5, 5.41) is 0. The molecule has 4 heteroatoms. The topological polar surface area (TPSA) is 39.2 Å². The number of methoxy groups -OCH3 is 1. The number of hydrogen-bond acceptors (Lipinski definition) is 3. The second kappa shape index (κ2) is 4.74. The summed E-state index contributed by atoms with van der Waals surface area (Å²) in [6.07, 6.45) is 3.65. The molecular weight excluding hydrogens is 221 g/mol. The lowest BCUT2D eigenvalue weighted by Crippen LogP contribution is -1.95. The van der Waals surface area contributed by atoms with Gasteiger partial charge in [-0.25, -0.2) is 4.39 Å². The minimum Gasteiger partial charge on any atom is -0.494 e. The highest BCUT2D eigenvalue weighted by Gasteiger charge is 2.11. The van der Waals surface area contributed by atoms with Crippen LogP contribution < -0.4 is 4.74 Å². The van der Waals surface area contributed by atoms with Crippen molar-refractivity contribution >= 4 is 6.29 Å². The van der Waals surface area contributed by atoms with Crippen LogP contribution in [0.2, 0.25) is 0 Å². The molecule has 17 heavy (non-hydrogen) atoms. The number of rotatable bonds is 3. The number of carbonyl (C=O) groups is 1. The van der Waals surface area contributed by atoms with Crippen LogP contribution in [-0.2, 0) is 0 Å². The summed E-state index contributed by atoms with van der Waals surface area (Å²) in [5.74, 6) is 0.0175. The summed E-state index contributed by atoms with van der Waals surface area (Å²) in [6.45, 7) is 0. The largest absolute Gasteiger partial charge is 0.494 e. The molecular formula is C13H10FNO2. The Bertz CT molecular complexity index is 555. The van der Waals surface area contributed by atoms with Crippen LogP contribution in [0.5, 0.6) is 5.75 Å². The van der Waals surface area contributed by atoms with Gasteiger partial charge in [-0.05, 0) is 17.7 Å². The molecule has 0 spiro atoms. The van der Waals surface area contributed by atoms with Crippen LogP contribution in [0.4, 0.5) is 4.39 Å². The molecule has 0 atom stereocenters. The van der Waals surface area contributed by atoms with Gasteiger partial charge in [-0.3, -0.25) is 9.78 Å². The molecule has 86 valence electrons. The SMILES string of the molecule is COc1cncc(-c2cccc(F)c2)c1C=O. The van der Waals surface area contributed by atoms with Crippen molar-refractivity contribution in [3.63, 3.8) is 0 Å². The minimum absolute atomic E-state index is 0.359. The van der Waals surface area contributed by atoms with Crippen molar-refractivity contribution in [2.24, 2.45) is 0 Å². The van der Waals surface area contributed by atoms with Gasteiger partial charge in [0.25, 0.3) is 0 Å². The Kier molecular flexibility index (Phi) is 3.14. The maximum Gasteiger partial charge on any atom is 0.154 e. The molecule has 1 heterocycles. The number of halogens is 1. The predicted molar refractivity (Wildman–Crippen MR) is 61.6 cm³/mol. The second-order valence-electron chi connectivity index (χ2n) is 3.43. The Morgan fingerprint density at radius 3 is 2.82 bits per heavy atom. The second-order valence-corrected chi connectivity index (χ2v) is 3.43. The van der Waals surface area contributed by atoms with Gasteiger partial charge >= 0.3 is 0 Å². The van der Waals surface area contributed by atoms with Crippen molar-refractivity contribution in [2.75, 3.05) is 7.11 Å². The highest BCUT2D eigenvalue weighted by molar-refractivity contribution is 5.90. The van der Waals surface area contributed by atoms with Gasteiger partial charge in [-0.15, -0.1) is 0 Å². The summed E-state index contributed by atoms with van der Waals surface area (Å²) in [6, 6.07) is 5.99. The van der Waals surface area contributed by atoms with E-state index in [-0.39, 0.29) is 5.82 Å². The Hall–Kier alpha value is -2.23. The summed E-state index contributed by atoms with van der Waals surface area (Å²) in [7, 11) is 1.46. The summed E-state index contributed by atoms with van der Waals surface area (Å²) < 4.78 is 18.2. The first-order valence-electron chi connectivity index (χ1n) is 4.99. The maximum absolute atomic E-state index is 13.1. The van der Waals surface area contributed by atoms with E-state index in [2.05, 4.69) is 4.98 Å². The van der Waals surface area contributed by atoms with Gasteiger partial charge in [-0.1, -0.05) is 12.1 Å². The molecule has 0 aliphatic rings. The Morgan fingerprint density at radius 1 is 1.35 bits per heavy atom. The van der Waals surface area contributed by atoms with Crippen LogP contribution in [0.1, 0.15) is 10.4 Å². The number of aldehydes is 1. The molecule has 3 nitrogen and oxygen atoms in total. The van der Waals surface area contributed by atoms with E-state index in [0.29, 0.717) is 28.7 Å². The summed E-state index contributed by atoms with van der Waals surface area (Å²) >= 11 is 0. The monoisotopic (exact) mass is 231 g/mol. The maximum atomic E-state index is 13.1. The molecule has 0 saturated heterocycles. The van der Waals surface area contributed by atoms with Crippen molar-refractivity contribution in [3.05, 3.63) is 48.0 Å². The zero-order valence-electron chi connectivity index (χ0n) is 9.18. The van der Waals surface area contributed by atoms with Crippen molar-refractivity contribution in [1.29, 1.82) is 0 Å². The van der Waals surface area contributed by atoms with E-state index >= 15 is 0 Å². The van der Waals surface area contributed by atoms with E-state index < -0.39 is 0 Å². The Labute approximate surface area is 97.9 Å². The van der Waals surface area contributed by atoms with Gasteiger partial charge < -0.3 is 4.74 Å². The first-order valence-corrected chi connectivity index (χ1v) is 4.99. The van der Waals surface area contributed by atoms with Gasteiger partial charge in [0.1, 0.15) is 11.6 Å². The zero-order valence-corrected chi connectivity index (χ0v) is 9.18. The van der Waals surface area contributed by atoms with Crippen molar-refractivity contribution < 1.29 is 13.9 Å². The average Bonchev–Trinajstić information content (AvgIpc) is 2.37. The molecule has 0 amide bonds. The molecule has 0 aliphatic carbocycles.